The molecule has 1 heterocycles. The lowest BCUT2D eigenvalue weighted by Gasteiger charge is -2.07. The highest BCUT2D eigenvalue weighted by molar-refractivity contribution is 7.16. The molecule has 0 saturated heterocycles. The van der Waals surface area contributed by atoms with Gasteiger partial charge in [-0.2, -0.15) is 0 Å². The minimum absolute atomic E-state index is 0.193. The quantitative estimate of drug-likeness (QED) is 0.792. The average molecular weight is 327 g/mol. The summed E-state index contributed by atoms with van der Waals surface area (Å²) in [6.07, 6.45) is 7.37. The molecule has 1 aliphatic carbocycles. The third kappa shape index (κ3) is 3.64. The van der Waals surface area contributed by atoms with Crippen LogP contribution in [0.2, 0.25) is 0 Å². The Bertz CT molecular complexity index is 704. The van der Waals surface area contributed by atoms with Gasteiger partial charge in [-0.25, -0.2) is 4.79 Å². The number of aryl methyl sites for hydroxylation is 1. The molecule has 0 radical (unpaired) electrons. The summed E-state index contributed by atoms with van der Waals surface area (Å²) in [6, 6.07) is 10.2. The van der Waals surface area contributed by atoms with E-state index in [-0.39, 0.29) is 5.97 Å². The summed E-state index contributed by atoms with van der Waals surface area (Å²) >= 11 is 1.70. The molecule has 0 amide bonds. The first-order valence-electron chi connectivity index (χ1n) is 8.06. The van der Waals surface area contributed by atoms with Gasteiger partial charge in [0.25, 0.3) is 0 Å². The van der Waals surface area contributed by atoms with E-state index >= 15 is 0 Å². The third-order valence-corrected chi connectivity index (χ3v) is 5.14. The highest BCUT2D eigenvalue weighted by Gasteiger charge is 2.27. The molecule has 3 rings (SSSR count). The SMILES string of the molecule is CCOC(=O)c1c(NC/C=C/c2ccccc2)sc2c1CCC2. The lowest BCUT2D eigenvalue weighted by atomic mass is 10.1. The molecule has 1 N–H and O–H groups in total. The fourth-order valence-corrected chi connectivity index (χ4v) is 4.14. The van der Waals surface area contributed by atoms with Crippen molar-refractivity contribution >= 4 is 28.4 Å². The van der Waals surface area contributed by atoms with E-state index in [2.05, 4.69) is 29.6 Å². The predicted octanol–water partition coefficient (Wildman–Crippen LogP) is 4.54. The van der Waals surface area contributed by atoms with Crippen molar-refractivity contribution < 1.29 is 9.53 Å². The van der Waals surface area contributed by atoms with Gasteiger partial charge in [0.1, 0.15) is 5.00 Å². The van der Waals surface area contributed by atoms with Crippen molar-refractivity contribution in [3.05, 3.63) is 58.0 Å². The Kier molecular flexibility index (Phi) is 5.13. The van der Waals surface area contributed by atoms with Gasteiger partial charge >= 0.3 is 5.97 Å². The van der Waals surface area contributed by atoms with Crippen LogP contribution < -0.4 is 5.32 Å². The molecule has 0 spiro atoms. The number of carbonyl (C=O) groups excluding carboxylic acids is 1. The van der Waals surface area contributed by atoms with Crippen molar-refractivity contribution in [1.82, 2.24) is 0 Å². The van der Waals surface area contributed by atoms with E-state index in [0.29, 0.717) is 13.2 Å². The maximum atomic E-state index is 12.3. The van der Waals surface area contributed by atoms with Crippen LogP contribution in [0.15, 0.2) is 36.4 Å². The van der Waals surface area contributed by atoms with Crippen molar-refractivity contribution in [3.63, 3.8) is 0 Å². The summed E-state index contributed by atoms with van der Waals surface area (Å²) in [6.45, 7) is 2.96. The number of nitrogens with one attached hydrogen (secondary N) is 1. The largest absolute Gasteiger partial charge is 0.462 e. The fraction of sp³-hybridized carbons (Fsp3) is 0.316. The Morgan fingerprint density at radius 1 is 1.30 bits per heavy atom. The van der Waals surface area contributed by atoms with E-state index < -0.39 is 0 Å². The zero-order valence-corrected chi connectivity index (χ0v) is 14.1. The topological polar surface area (TPSA) is 38.3 Å². The molecule has 0 bridgehead atoms. The second-order valence-corrected chi connectivity index (χ2v) is 6.58. The number of thiophene rings is 1. The number of fused-ring (bicyclic) bond motifs is 1. The van der Waals surface area contributed by atoms with Crippen LogP contribution in [0, 0.1) is 0 Å². The van der Waals surface area contributed by atoms with Crippen LogP contribution in [0.1, 0.15) is 39.7 Å². The number of anilines is 1. The Morgan fingerprint density at radius 3 is 2.91 bits per heavy atom. The van der Waals surface area contributed by atoms with Gasteiger partial charge in [-0.1, -0.05) is 42.5 Å². The van der Waals surface area contributed by atoms with Gasteiger partial charge < -0.3 is 10.1 Å². The van der Waals surface area contributed by atoms with Gasteiger partial charge in [0.15, 0.2) is 0 Å². The summed E-state index contributed by atoms with van der Waals surface area (Å²) in [5.74, 6) is -0.193. The number of rotatable bonds is 6. The molecule has 23 heavy (non-hydrogen) atoms. The number of benzene rings is 1. The fourth-order valence-electron chi connectivity index (χ4n) is 2.86. The van der Waals surface area contributed by atoms with Crippen molar-refractivity contribution in [2.24, 2.45) is 0 Å². The van der Waals surface area contributed by atoms with Crippen LogP contribution in [-0.4, -0.2) is 19.1 Å². The molecule has 4 heteroatoms. The van der Waals surface area contributed by atoms with E-state index in [1.54, 1.807) is 11.3 Å². The summed E-state index contributed by atoms with van der Waals surface area (Å²) in [7, 11) is 0. The standard InChI is InChI=1S/C19H21NO2S/c1-2-22-19(21)17-15-11-6-12-16(15)23-18(17)20-13-7-10-14-8-4-3-5-9-14/h3-5,7-10,20H,2,6,11-13H2,1H3/b10-7+. The zero-order valence-electron chi connectivity index (χ0n) is 13.3. The van der Waals surface area contributed by atoms with Crippen molar-refractivity contribution in [2.45, 2.75) is 26.2 Å². The van der Waals surface area contributed by atoms with Gasteiger partial charge in [-0.05, 0) is 37.3 Å². The molecular weight excluding hydrogens is 306 g/mol. The molecule has 0 fully saturated rings. The molecule has 0 atom stereocenters. The maximum Gasteiger partial charge on any atom is 0.341 e. The molecule has 2 aromatic rings. The lowest BCUT2D eigenvalue weighted by Crippen LogP contribution is -2.09. The molecule has 1 aliphatic rings. The van der Waals surface area contributed by atoms with Gasteiger partial charge in [0, 0.05) is 11.4 Å². The molecular formula is C19H21NO2S. The number of esters is 1. The first-order chi connectivity index (χ1) is 11.3. The summed E-state index contributed by atoms with van der Waals surface area (Å²) in [5, 5.41) is 4.33. The van der Waals surface area contributed by atoms with E-state index in [0.717, 1.165) is 29.8 Å². The Morgan fingerprint density at radius 2 is 2.13 bits per heavy atom. The van der Waals surface area contributed by atoms with Crippen LogP contribution in [-0.2, 0) is 17.6 Å². The Labute approximate surface area is 141 Å². The first kappa shape index (κ1) is 15.8. The van der Waals surface area contributed by atoms with Crippen LogP contribution in [0.3, 0.4) is 0 Å². The van der Waals surface area contributed by atoms with Gasteiger partial charge in [-0.15, -0.1) is 11.3 Å². The molecule has 3 nitrogen and oxygen atoms in total. The number of hydrogen-bond acceptors (Lipinski definition) is 4. The van der Waals surface area contributed by atoms with Gasteiger partial charge in [0.2, 0.25) is 0 Å². The van der Waals surface area contributed by atoms with E-state index in [1.807, 2.05) is 25.1 Å². The third-order valence-electron chi connectivity index (χ3n) is 3.89. The van der Waals surface area contributed by atoms with Gasteiger partial charge in [-0.3, -0.25) is 0 Å². The second-order valence-electron chi connectivity index (χ2n) is 5.48. The minimum atomic E-state index is -0.193. The average Bonchev–Trinajstić information content (AvgIpc) is 3.13. The van der Waals surface area contributed by atoms with E-state index in [1.165, 1.54) is 16.0 Å². The molecule has 1 aromatic heterocycles. The van der Waals surface area contributed by atoms with Crippen LogP contribution in [0.4, 0.5) is 5.00 Å². The maximum absolute atomic E-state index is 12.3. The normalized spacial score (nSPS) is 13.3. The van der Waals surface area contributed by atoms with E-state index in [4.69, 9.17) is 4.74 Å². The summed E-state index contributed by atoms with van der Waals surface area (Å²) in [5.41, 5.74) is 3.13. The monoisotopic (exact) mass is 327 g/mol. The lowest BCUT2D eigenvalue weighted by molar-refractivity contribution is 0.0527. The molecule has 0 saturated carbocycles. The van der Waals surface area contributed by atoms with Crippen LogP contribution >= 0.6 is 11.3 Å². The van der Waals surface area contributed by atoms with Crippen LogP contribution in [0.5, 0.6) is 0 Å². The van der Waals surface area contributed by atoms with Crippen LogP contribution in [0.25, 0.3) is 6.08 Å². The highest BCUT2D eigenvalue weighted by Crippen LogP contribution is 2.39. The second kappa shape index (κ2) is 7.47. The Hall–Kier alpha value is -2.07. The number of ether oxygens (including phenoxy) is 1. The molecule has 120 valence electrons. The van der Waals surface area contributed by atoms with Gasteiger partial charge in [0.05, 0.1) is 12.2 Å². The Balaban J connectivity index is 1.70. The minimum Gasteiger partial charge on any atom is -0.462 e. The number of hydrogen-bond donors (Lipinski definition) is 1. The molecule has 1 aromatic carbocycles. The van der Waals surface area contributed by atoms with Crippen molar-refractivity contribution in [2.75, 3.05) is 18.5 Å². The summed E-state index contributed by atoms with van der Waals surface area (Å²) < 4.78 is 5.24. The number of carbonyl (C=O) groups is 1. The molecule has 0 aliphatic heterocycles. The van der Waals surface area contributed by atoms with Crippen molar-refractivity contribution in [1.29, 1.82) is 0 Å². The van der Waals surface area contributed by atoms with Crippen molar-refractivity contribution in [3.8, 4) is 0 Å². The predicted molar refractivity (Wildman–Crippen MR) is 96.3 cm³/mol. The summed E-state index contributed by atoms with van der Waals surface area (Å²) in [4.78, 5) is 13.6. The molecule has 0 unspecified atom stereocenters. The highest BCUT2D eigenvalue weighted by atomic mass is 32.1. The zero-order chi connectivity index (χ0) is 16.1. The van der Waals surface area contributed by atoms with E-state index in [9.17, 15) is 4.79 Å². The smallest absolute Gasteiger partial charge is 0.341 e. The first-order valence-corrected chi connectivity index (χ1v) is 8.88.